The van der Waals surface area contributed by atoms with E-state index in [0.29, 0.717) is 26.0 Å². The van der Waals surface area contributed by atoms with Gasteiger partial charge in [0.05, 0.1) is 20.4 Å². The zero-order valence-electron chi connectivity index (χ0n) is 18.3. The molecule has 0 unspecified atom stereocenters. The molecule has 1 N–H and O–H groups in total. The summed E-state index contributed by atoms with van der Waals surface area (Å²) in [6, 6.07) is 2.80. The minimum absolute atomic E-state index is 0. The van der Waals surface area contributed by atoms with E-state index in [1.165, 1.54) is 25.5 Å². The number of hydrogen-bond donors (Lipinski definition) is 1. The fourth-order valence-corrected chi connectivity index (χ4v) is 3.40. The van der Waals surface area contributed by atoms with Crippen molar-refractivity contribution < 1.29 is 27.8 Å². The van der Waals surface area contributed by atoms with Gasteiger partial charge in [0.2, 0.25) is 5.82 Å². The molecule has 0 amide bonds. The lowest BCUT2D eigenvalue weighted by molar-refractivity contribution is -0.148. The van der Waals surface area contributed by atoms with Gasteiger partial charge >= 0.3 is 5.97 Å². The van der Waals surface area contributed by atoms with Crippen LogP contribution in [0.1, 0.15) is 31.2 Å². The molecule has 1 saturated carbocycles. The van der Waals surface area contributed by atoms with Crippen LogP contribution in [0, 0.1) is 11.6 Å². The molecule has 1 aromatic carbocycles. The lowest BCUT2D eigenvalue weighted by Gasteiger charge is -2.26. The Morgan fingerprint density at radius 3 is 2.52 bits per heavy atom. The quantitative estimate of drug-likeness (QED) is 0.379. The third-order valence-corrected chi connectivity index (χ3v) is 5.26. The Morgan fingerprint density at radius 2 is 1.87 bits per heavy atom. The smallest absolute Gasteiger partial charge is 0.326 e. The fourth-order valence-electron chi connectivity index (χ4n) is 3.40. The largest absolute Gasteiger partial charge is 0.489 e. The summed E-state index contributed by atoms with van der Waals surface area (Å²) in [6.07, 6.45) is 4.44. The Labute approximate surface area is 188 Å². The molecular formula is C21H32ClF2N3O4. The maximum atomic E-state index is 14.3. The van der Waals surface area contributed by atoms with Crippen molar-refractivity contribution >= 4 is 24.6 Å². The number of carbonyl (C=O) groups is 1. The van der Waals surface area contributed by atoms with Crippen molar-refractivity contribution in [2.24, 2.45) is 4.99 Å². The lowest BCUT2D eigenvalue weighted by Crippen LogP contribution is -2.50. The van der Waals surface area contributed by atoms with Crippen molar-refractivity contribution in [1.82, 2.24) is 10.2 Å². The molecule has 176 valence electrons. The molecule has 0 bridgehead atoms. The highest BCUT2D eigenvalue weighted by molar-refractivity contribution is 5.85. The van der Waals surface area contributed by atoms with Crippen LogP contribution in [0.2, 0.25) is 0 Å². The van der Waals surface area contributed by atoms with Gasteiger partial charge in [-0.2, -0.15) is 4.39 Å². The van der Waals surface area contributed by atoms with E-state index in [0.717, 1.165) is 19.4 Å². The van der Waals surface area contributed by atoms with Gasteiger partial charge in [0.1, 0.15) is 12.1 Å². The van der Waals surface area contributed by atoms with Gasteiger partial charge in [0, 0.05) is 32.0 Å². The van der Waals surface area contributed by atoms with Crippen LogP contribution >= 0.6 is 12.4 Å². The molecule has 0 heterocycles. The highest BCUT2D eigenvalue weighted by Crippen LogP contribution is 2.30. The van der Waals surface area contributed by atoms with Crippen molar-refractivity contribution in [2.45, 2.75) is 31.2 Å². The summed E-state index contributed by atoms with van der Waals surface area (Å²) in [5.74, 6) is -2.53. The Bertz CT molecular complexity index is 731. The van der Waals surface area contributed by atoms with Gasteiger partial charge in [-0.05, 0) is 32.0 Å². The second-order valence-corrected chi connectivity index (χ2v) is 7.35. The van der Waals surface area contributed by atoms with Crippen LogP contribution in [0.15, 0.2) is 17.1 Å². The molecule has 0 aromatic heterocycles. The van der Waals surface area contributed by atoms with Crippen LogP contribution in [0.3, 0.4) is 0 Å². The predicted octanol–water partition coefficient (Wildman–Crippen LogP) is 2.80. The molecule has 1 fully saturated rings. The highest BCUT2D eigenvalue weighted by atomic mass is 35.5. The maximum Gasteiger partial charge on any atom is 0.326 e. The number of carbonyl (C=O) groups excluding carboxylic acids is 1. The Hall–Kier alpha value is -1.81. The summed E-state index contributed by atoms with van der Waals surface area (Å²) >= 11 is 0. The number of halogens is 3. The van der Waals surface area contributed by atoms with Crippen molar-refractivity contribution in [1.29, 1.82) is 0 Å². The topological polar surface area (TPSA) is 72.4 Å². The summed E-state index contributed by atoms with van der Waals surface area (Å²) in [5.41, 5.74) is -0.735. The Kier molecular flexibility index (Phi) is 11.9. The van der Waals surface area contributed by atoms with Crippen molar-refractivity contribution in [3.05, 3.63) is 29.3 Å². The first-order valence-corrected chi connectivity index (χ1v) is 10.0. The van der Waals surface area contributed by atoms with E-state index in [9.17, 15) is 13.6 Å². The van der Waals surface area contributed by atoms with Gasteiger partial charge < -0.3 is 19.1 Å². The van der Waals surface area contributed by atoms with Gasteiger partial charge in [-0.1, -0.05) is 12.8 Å². The number of benzene rings is 1. The molecule has 0 atom stereocenters. The van der Waals surface area contributed by atoms with Crippen LogP contribution in [0.25, 0.3) is 0 Å². The number of esters is 1. The van der Waals surface area contributed by atoms with E-state index < -0.39 is 17.2 Å². The third kappa shape index (κ3) is 7.68. The molecule has 0 saturated heterocycles. The molecule has 0 spiro atoms. The Morgan fingerprint density at radius 1 is 1.19 bits per heavy atom. The summed E-state index contributed by atoms with van der Waals surface area (Å²) in [5, 5.41) is 3.09. The average molecular weight is 464 g/mol. The van der Waals surface area contributed by atoms with Crippen LogP contribution in [-0.4, -0.2) is 76.9 Å². The summed E-state index contributed by atoms with van der Waals surface area (Å²) in [4.78, 5) is 18.1. The normalized spacial score (nSPS) is 15.3. The first kappa shape index (κ1) is 27.2. The van der Waals surface area contributed by atoms with Gasteiger partial charge in [0.25, 0.3) is 0 Å². The first-order valence-electron chi connectivity index (χ1n) is 10.0. The van der Waals surface area contributed by atoms with Crippen molar-refractivity contribution in [2.75, 3.05) is 54.2 Å². The molecule has 31 heavy (non-hydrogen) atoms. The number of rotatable bonds is 12. The van der Waals surface area contributed by atoms with Gasteiger partial charge in [-0.25, -0.2) is 4.39 Å². The number of nitrogens with one attached hydrogen (secondary N) is 1. The van der Waals surface area contributed by atoms with E-state index in [1.807, 2.05) is 11.9 Å². The predicted molar refractivity (Wildman–Crippen MR) is 117 cm³/mol. The standard InChI is InChI=1S/C21H31F2N3O4.ClH/c1-26(10-12-28-2)11-13-30-17-7-6-16(18(22)19(17)23)14-24-15-25-21(20(27)29-3)8-4-5-9-21;/h6-7,14,25H,4-5,8-13,15H2,1-3H3;1H/b24-14+;. The molecule has 1 aliphatic carbocycles. The minimum Gasteiger partial charge on any atom is -0.489 e. The number of hydrogen-bond acceptors (Lipinski definition) is 7. The molecule has 0 radical (unpaired) electrons. The van der Waals surface area contributed by atoms with Crippen LogP contribution in [-0.2, 0) is 14.3 Å². The van der Waals surface area contributed by atoms with Crippen LogP contribution in [0.5, 0.6) is 5.75 Å². The second-order valence-electron chi connectivity index (χ2n) is 7.35. The van der Waals surface area contributed by atoms with E-state index in [4.69, 9.17) is 14.2 Å². The summed E-state index contributed by atoms with van der Waals surface area (Å²) in [6.45, 7) is 2.19. The monoisotopic (exact) mass is 463 g/mol. The van der Waals surface area contributed by atoms with Crippen molar-refractivity contribution in [3.8, 4) is 5.75 Å². The minimum atomic E-state index is -1.05. The molecule has 10 heteroatoms. The lowest BCUT2D eigenvalue weighted by atomic mass is 9.98. The second kappa shape index (κ2) is 13.6. The molecule has 7 nitrogen and oxygen atoms in total. The van der Waals surface area contributed by atoms with Gasteiger partial charge in [-0.15, -0.1) is 12.4 Å². The van der Waals surface area contributed by atoms with E-state index >= 15 is 0 Å². The molecule has 1 aromatic rings. The zero-order valence-corrected chi connectivity index (χ0v) is 19.1. The summed E-state index contributed by atoms with van der Waals surface area (Å²) < 4.78 is 43.8. The number of aliphatic imine (C=N–C) groups is 1. The van der Waals surface area contributed by atoms with E-state index in [-0.39, 0.29) is 43.0 Å². The zero-order chi connectivity index (χ0) is 22.0. The third-order valence-electron chi connectivity index (χ3n) is 5.26. The first-order chi connectivity index (χ1) is 14.4. The molecule has 2 rings (SSSR count). The highest BCUT2D eigenvalue weighted by Gasteiger charge is 2.41. The Balaban J connectivity index is 0.00000480. The summed E-state index contributed by atoms with van der Waals surface area (Å²) in [7, 11) is 4.87. The van der Waals surface area contributed by atoms with Crippen molar-refractivity contribution in [3.63, 3.8) is 0 Å². The fraction of sp³-hybridized carbons (Fsp3) is 0.619. The number of methoxy groups -OCH3 is 2. The average Bonchev–Trinajstić information content (AvgIpc) is 3.23. The molecule has 0 aliphatic heterocycles. The van der Waals surface area contributed by atoms with Crippen LogP contribution in [0.4, 0.5) is 8.78 Å². The number of likely N-dealkylation sites (N-methyl/N-ethyl adjacent to an activating group) is 1. The molecular weight excluding hydrogens is 432 g/mol. The van der Waals surface area contributed by atoms with Crippen LogP contribution < -0.4 is 10.1 Å². The molecule has 1 aliphatic rings. The number of nitrogens with zero attached hydrogens (tertiary/aromatic N) is 2. The van der Waals surface area contributed by atoms with Gasteiger partial charge in [0.15, 0.2) is 11.6 Å². The maximum absolute atomic E-state index is 14.3. The number of ether oxygens (including phenoxy) is 3. The SMILES string of the molecule is COCCN(C)CCOc1ccc(/C=N/CNC2(C(=O)OC)CCCC2)c(F)c1F.Cl. The van der Waals surface area contributed by atoms with E-state index in [1.54, 1.807) is 7.11 Å². The van der Waals surface area contributed by atoms with E-state index in [2.05, 4.69) is 10.3 Å². The van der Waals surface area contributed by atoms with Gasteiger partial charge in [-0.3, -0.25) is 15.1 Å².